The van der Waals surface area contributed by atoms with E-state index in [0.29, 0.717) is 11.1 Å². The van der Waals surface area contributed by atoms with Crippen LogP contribution in [0.15, 0.2) is 62.2 Å². The second-order valence-electron chi connectivity index (χ2n) is 7.65. The van der Waals surface area contributed by atoms with Gasteiger partial charge in [0.15, 0.2) is 6.61 Å². The van der Waals surface area contributed by atoms with Crippen molar-refractivity contribution in [3.05, 3.63) is 69.0 Å². The van der Waals surface area contributed by atoms with E-state index in [1.54, 1.807) is 30.3 Å². The van der Waals surface area contributed by atoms with Crippen LogP contribution < -0.4 is 20.4 Å². The fourth-order valence-electron chi connectivity index (χ4n) is 3.68. The number of para-hydroxylation sites is 1. The van der Waals surface area contributed by atoms with Gasteiger partial charge < -0.3 is 19.2 Å². The van der Waals surface area contributed by atoms with Crippen molar-refractivity contribution >= 4 is 38.8 Å². The highest BCUT2D eigenvalue weighted by molar-refractivity contribution is 9.10. The molecule has 0 aliphatic heterocycles. The van der Waals surface area contributed by atoms with Crippen molar-refractivity contribution in [2.75, 3.05) is 6.61 Å². The van der Waals surface area contributed by atoms with Gasteiger partial charge in [-0.15, -0.1) is 0 Å². The van der Waals surface area contributed by atoms with Crippen LogP contribution >= 0.6 is 15.9 Å². The minimum absolute atomic E-state index is 0.0327. The summed E-state index contributed by atoms with van der Waals surface area (Å²) in [7, 11) is 0. The summed E-state index contributed by atoms with van der Waals surface area (Å²) in [5.41, 5.74) is -0.539. The van der Waals surface area contributed by atoms with Gasteiger partial charge in [-0.25, -0.2) is 9.59 Å². The lowest BCUT2D eigenvalue weighted by molar-refractivity contribution is -0.136. The smallest absolute Gasteiger partial charge is 0.349 e. The first-order valence-corrected chi connectivity index (χ1v) is 11.3. The predicted molar refractivity (Wildman–Crippen MR) is 122 cm³/mol. The molecule has 0 bridgehead atoms. The molecule has 166 valence electrons. The quantitative estimate of drug-likeness (QED) is 0.302. The Bertz CT molecular complexity index is 1200. The van der Waals surface area contributed by atoms with Crippen LogP contribution in [0.5, 0.6) is 11.5 Å². The van der Waals surface area contributed by atoms with E-state index in [4.69, 9.17) is 13.9 Å². The molecule has 3 aromatic rings. The second kappa shape index (κ2) is 9.99. The summed E-state index contributed by atoms with van der Waals surface area (Å²) in [5.74, 6) is -0.299. The summed E-state index contributed by atoms with van der Waals surface area (Å²) in [6.07, 6.45) is 5.17. The topological polar surface area (TPSA) is 94.8 Å². The van der Waals surface area contributed by atoms with Gasteiger partial charge in [0.05, 0.1) is 4.47 Å². The molecule has 2 aromatic carbocycles. The summed E-state index contributed by atoms with van der Waals surface area (Å²) < 4.78 is 16.8. The molecule has 1 aliphatic carbocycles. The van der Waals surface area contributed by atoms with E-state index in [1.165, 1.54) is 18.6 Å². The number of rotatable bonds is 6. The Morgan fingerprint density at radius 1 is 1.06 bits per heavy atom. The Labute approximate surface area is 192 Å². The molecule has 1 heterocycles. The van der Waals surface area contributed by atoms with Gasteiger partial charge >= 0.3 is 11.6 Å². The number of benzene rings is 2. The first-order valence-electron chi connectivity index (χ1n) is 10.5. The minimum atomic E-state index is -0.730. The molecule has 1 amide bonds. The van der Waals surface area contributed by atoms with Crippen molar-refractivity contribution < 1.29 is 23.5 Å². The summed E-state index contributed by atoms with van der Waals surface area (Å²) in [6.45, 7) is -0.287. The lowest BCUT2D eigenvalue weighted by Gasteiger charge is -2.22. The summed E-state index contributed by atoms with van der Waals surface area (Å²) >= 11 is 3.34. The summed E-state index contributed by atoms with van der Waals surface area (Å²) in [4.78, 5) is 37.1. The molecule has 0 unspecified atom stereocenters. The number of halogens is 1. The highest BCUT2D eigenvalue weighted by Gasteiger charge is 2.20. The third kappa shape index (κ3) is 5.37. The van der Waals surface area contributed by atoms with Crippen molar-refractivity contribution in [2.24, 2.45) is 0 Å². The zero-order chi connectivity index (χ0) is 22.5. The van der Waals surface area contributed by atoms with E-state index in [0.717, 1.165) is 30.2 Å². The van der Waals surface area contributed by atoms with Crippen LogP contribution in [0.25, 0.3) is 11.0 Å². The molecule has 1 saturated carbocycles. The molecule has 0 atom stereocenters. The number of esters is 1. The number of amides is 1. The van der Waals surface area contributed by atoms with Crippen molar-refractivity contribution in [1.29, 1.82) is 0 Å². The number of carbonyl (C=O) groups is 2. The summed E-state index contributed by atoms with van der Waals surface area (Å²) in [6, 6.07) is 13.4. The number of nitrogens with one attached hydrogen (secondary N) is 1. The van der Waals surface area contributed by atoms with Crippen molar-refractivity contribution in [3.8, 4) is 11.5 Å². The molecule has 1 aliphatic rings. The number of carbonyl (C=O) groups excluding carboxylic acids is 2. The lowest BCUT2D eigenvalue weighted by atomic mass is 9.95. The van der Waals surface area contributed by atoms with Crippen LogP contribution in [0.3, 0.4) is 0 Å². The third-order valence-electron chi connectivity index (χ3n) is 5.31. The molecule has 4 rings (SSSR count). The van der Waals surface area contributed by atoms with Crippen LogP contribution in [0.1, 0.15) is 42.5 Å². The van der Waals surface area contributed by atoms with Gasteiger partial charge in [-0.3, -0.25) is 4.79 Å². The standard InChI is InChI=1S/C24H22BrNO6/c25-19-8-4-5-9-20(19)30-14-22(27)31-17-11-10-15-12-18(24(29)32-21(15)13-17)23(28)26-16-6-2-1-3-7-16/h4-5,8-13,16H,1-3,6-7,14H2,(H,26,28). The van der Waals surface area contributed by atoms with Gasteiger partial charge in [0.2, 0.25) is 0 Å². The maximum Gasteiger partial charge on any atom is 0.349 e. The zero-order valence-corrected chi connectivity index (χ0v) is 18.9. The van der Waals surface area contributed by atoms with Crippen LogP contribution in [0.4, 0.5) is 0 Å². The Balaban J connectivity index is 1.43. The van der Waals surface area contributed by atoms with Gasteiger partial charge in [0.1, 0.15) is 22.6 Å². The van der Waals surface area contributed by atoms with Crippen LogP contribution in [-0.4, -0.2) is 24.5 Å². The molecule has 0 radical (unpaired) electrons. The Kier molecular flexibility index (Phi) is 6.90. The fraction of sp³-hybridized carbons (Fsp3) is 0.292. The fourth-order valence-corrected chi connectivity index (χ4v) is 4.08. The van der Waals surface area contributed by atoms with E-state index >= 15 is 0 Å². The first-order chi connectivity index (χ1) is 15.5. The maximum atomic E-state index is 12.5. The number of ether oxygens (including phenoxy) is 2. The molecular formula is C24H22BrNO6. The Hall–Kier alpha value is -3.13. The lowest BCUT2D eigenvalue weighted by Crippen LogP contribution is -2.38. The Morgan fingerprint density at radius 2 is 1.84 bits per heavy atom. The van der Waals surface area contributed by atoms with Gasteiger partial charge in [-0.05, 0) is 59.1 Å². The van der Waals surface area contributed by atoms with E-state index in [-0.39, 0.29) is 29.5 Å². The van der Waals surface area contributed by atoms with Gasteiger partial charge in [0, 0.05) is 17.5 Å². The van der Waals surface area contributed by atoms with Gasteiger partial charge in [-0.1, -0.05) is 31.4 Å². The molecule has 0 spiro atoms. The highest BCUT2D eigenvalue weighted by Crippen LogP contribution is 2.24. The molecule has 32 heavy (non-hydrogen) atoms. The average molecular weight is 500 g/mol. The van der Waals surface area contributed by atoms with Crippen LogP contribution in [0, 0.1) is 0 Å². The largest absolute Gasteiger partial charge is 0.481 e. The highest BCUT2D eigenvalue weighted by atomic mass is 79.9. The first kappa shape index (κ1) is 22.1. The van der Waals surface area contributed by atoms with Crippen molar-refractivity contribution in [3.63, 3.8) is 0 Å². The summed E-state index contributed by atoms with van der Waals surface area (Å²) in [5, 5.41) is 3.48. The SMILES string of the molecule is O=C(COc1ccccc1Br)Oc1ccc2cc(C(=O)NC3CCCCC3)c(=O)oc2c1. The molecule has 1 fully saturated rings. The number of hydrogen-bond donors (Lipinski definition) is 1. The molecule has 0 saturated heterocycles. The molecular weight excluding hydrogens is 478 g/mol. The molecule has 1 N–H and O–H groups in total. The van der Waals surface area contributed by atoms with E-state index < -0.39 is 17.5 Å². The predicted octanol–water partition coefficient (Wildman–Crippen LogP) is 4.60. The van der Waals surface area contributed by atoms with Gasteiger partial charge in [0.25, 0.3) is 5.91 Å². The second-order valence-corrected chi connectivity index (χ2v) is 8.50. The third-order valence-corrected chi connectivity index (χ3v) is 5.96. The number of fused-ring (bicyclic) bond motifs is 1. The molecule has 7 nitrogen and oxygen atoms in total. The van der Waals surface area contributed by atoms with Crippen molar-refractivity contribution in [1.82, 2.24) is 5.32 Å². The maximum absolute atomic E-state index is 12.5. The van der Waals surface area contributed by atoms with E-state index in [2.05, 4.69) is 21.2 Å². The molecule has 1 aromatic heterocycles. The molecule has 8 heteroatoms. The van der Waals surface area contributed by atoms with Gasteiger partial charge in [-0.2, -0.15) is 0 Å². The Morgan fingerprint density at radius 3 is 2.62 bits per heavy atom. The van der Waals surface area contributed by atoms with Crippen molar-refractivity contribution in [2.45, 2.75) is 38.1 Å². The minimum Gasteiger partial charge on any atom is -0.481 e. The van der Waals surface area contributed by atoms with Crippen LogP contribution in [0.2, 0.25) is 0 Å². The zero-order valence-electron chi connectivity index (χ0n) is 17.3. The normalized spacial score (nSPS) is 14.2. The monoisotopic (exact) mass is 499 g/mol. The van der Waals surface area contributed by atoms with Crippen LogP contribution in [-0.2, 0) is 4.79 Å². The average Bonchev–Trinajstić information content (AvgIpc) is 2.78. The van der Waals surface area contributed by atoms with E-state index in [9.17, 15) is 14.4 Å². The van der Waals surface area contributed by atoms with E-state index in [1.807, 2.05) is 6.07 Å². The number of hydrogen-bond acceptors (Lipinski definition) is 6.